The summed E-state index contributed by atoms with van der Waals surface area (Å²) in [5, 5.41) is 8.75. The number of nitrogens with two attached hydrogens (primary N) is 1. The molecular formula is C5H14Ar3N4O. The summed E-state index contributed by atoms with van der Waals surface area (Å²) in [7, 11) is 0. The Kier molecular flexibility index (Phi) is 317. The predicted molar refractivity (Wildman–Crippen MR) is 46.7 cm³/mol. The van der Waals surface area contributed by atoms with Gasteiger partial charge < -0.3 is 10.6 Å². The first-order valence-corrected chi connectivity index (χ1v) is 1.70. The maximum atomic E-state index is 8.00. The predicted octanol–water partition coefficient (Wildman–Crippen LogP) is 0.314. The first-order chi connectivity index (χ1) is 4.33. The molecule has 0 saturated heterocycles. The van der Waals surface area contributed by atoms with E-state index in [2.05, 4.69) is 41.3 Å². The Labute approximate surface area is 170 Å². The Bertz CT molecular complexity index is 78.2. The van der Waals surface area contributed by atoms with Crippen molar-refractivity contribution in [1.29, 1.82) is 0 Å². The second-order valence-electron chi connectivity index (χ2n) is 0.465. The zero-order valence-electron chi connectivity index (χ0n) is 6.22. The van der Waals surface area contributed by atoms with E-state index in [4.69, 9.17) is 4.79 Å². The van der Waals surface area contributed by atoms with Crippen LogP contribution in [-0.4, -0.2) is 26.9 Å². The van der Waals surface area contributed by atoms with Crippen LogP contribution in [0.2, 0.25) is 0 Å². The normalized spacial score (nSPS) is 2.77. The number of hydrogen-bond acceptors (Lipinski definition) is 5. The van der Waals surface area contributed by atoms with Crippen LogP contribution in [0.3, 0.4) is 0 Å². The van der Waals surface area contributed by atoms with Crippen LogP contribution in [0.1, 0.15) is 7.43 Å². The fraction of sp³-hybridized carbons (Fsp3) is 0.200. The van der Waals surface area contributed by atoms with E-state index < -0.39 is 0 Å². The van der Waals surface area contributed by atoms with Gasteiger partial charge in [0.25, 0.3) is 0 Å². The Morgan fingerprint density at radius 3 is 0.923 bits per heavy atom. The molecule has 0 aliphatic carbocycles. The van der Waals surface area contributed by atoms with Crippen molar-refractivity contribution in [3.05, 3.63) is 0 Å². The van der Waals surface area contributed by atoms with E-state index in [1.807, 2.05) is 6.79 Å². The third-order valence-electron chi connectivity index (χ3n) is 0.1000. The fourth-order valence-corrected chi connectivity index (χ4v) is 0. The molecular weight excluding hydrogens is 252 g/mol. The summed E-state index contributed by atoms with van der Waals surface area (Å²) in [5.41, 5.74) is 0. The molecule has 0 aromatic rings. The minimum absolute atomic E-state index is 0. The van der Waals surface area contributed by atoms with Gasteiger partial charge in [-0.15, -0.1) is 0 Å². The van der Waals surface area contributed by atoms with Crippen LogP contribution in [0.4, 0.5) is 0 Å². The molecule has 0 fully saturated rings. The summed E-state index contributed by atoms with van der Waals surface area (Å²) >= 11 is 0. The van der Waals surface area contributed by atoms with Crippen LogP contribution in [0, 0.1) is 113 Å². The summed E-state index contributed by atoms with van der Waals surface area (Å²) in [4.78, 5) is 8.00. The molecule has 84 valence electrons. The molecule has 0 unspecified atom stereocenters. The summed E-state index contributed by atoms with van der Waals surface area (Å²) in [5.74, 6) is 4.36. The van der Waals surface area contributed by atoms with Crippen molar-refractivity contribution in [2.45, 2.75) is 7.43 Å². The van der Waals surface area contributed by atoms with Gasteiger partial charge in [-0.3, -0.25) is 0 Å². The molecule has 5 nitrogen and oxygen atoms in total. The fourth-order valence-electron chi connectivity index (χ4n) is 0. The van der Waals surface area contributed by atoms with Crippen molar-refractivity contribution >= 4 is 26.9 Å². The second-order valence-corrected chi connectivity index (χ2v) is 0.465. The number of carbonyl (C=O) groups is 1. The molecule has 0 aliphatic rings. The Balaban J connectivity index is -0.00000000749. The summed E-state index contributed by atoms with van der Waals surface area (Å²) in [6, 6.07) is 0. The molecule has 0 atom stereocenters. The first-order valence-electron chi connectivity index (χ1n) is 1.70. The van der Waals surface area contributed by atoms with Crippen LogP contribution >= 0.6 is 0 Å². The SMILES string of the molecule is C.C=NN.C=NN=C.C=O.[Ar].[Ar].[Ar]. The minimum Gasteiger partial charge on any atom is -0.324 e. The Hall–Kier alpha value is 2.26. The molecule has 0 spiro atoms. The molecule has 0 heterocycles. The van der Waals surface area contributed by atoms with Gasteiger partial charge >= 0.3 is 0 Å². The summed E-state index contributed by atoms with van der Waals surface area (Å²) in [6.45, 7) is 10.9. The van der Waals surface area contributed by atoms with E-state index in [0.717, 1.165) is 0 Å². The van der Waals surface area contributed by atoms with Crippen molar-refractivity contribution in [3.8, 4) is 0 Å². The third kappa shape index (κ3) is 202. The van der Waals surface area contributed by atoms with E-state index in [1.54, 1.807) is 0 Å². The number of hydrazone groups is 1. The topological polar surface area (TPSA) is 80.2 Å². The molecule has 0 aromatic heterocycles. The number of rotatable bonds is 1. The number of nitrogens with zero attached hydrogens (tertiary/aromatic N) is 3. The minimum atomic E-state index is 0. The zero-order chi connectivity index (χ0) is 8.12. The smallest absolute Gasteiger partial charge is 0.106 e. The average molecular weight is 266 g/mol. The van der Waals surface area contributed by atoms with Crippen LogP contribution < -0.4 is 5.84 Å². The second kappa shape index (κ2) is 90.6. The van der Waals surface area contributed by atoms with Gasteiger partial charge in [0.1, 0.15) is 6.79 Å². The van der Waals surface area contributed by atoms with E-state index in [9.17, 15) is 0 Å². The van der Waals surface area contributed by atoms with Gasteiger partial charge in [0.15, 0.2) is 0 Å². The third-order valence-corrected chi connectivity index (χ3v) is 0.1000. The van der Waals surface area contributed by atoms with Gasteiger partial charge in [-0.05, 0) is 0 Å². The molecule has 13 heavy (non-hydrogen) atoms. The van der Waals surface area contributed by atoms with Gasteiger partial charge in [0.05, 0.1) is 0 Å². The largest absolute Gasteiger partial charge is 0.324 e. The van der Waals surface area contributed by atoms with Gasteiger partial charge in [0, 0.05) is 133 Å². The Morgan fingerprint density at radius 2 is 0.923 bits per heavy atom. The van der Waals surface area contributed by atoms with Crippen LogP contribution in [-0.2, 0) is 4.79 Å². The van der Waals surface area contributed by atoms with E-state index in [1.165, 1.54) is 0 Å². The van der Waals surface area contributed by atoms with Crippen LogP contribution in [0.15, 0.2) is 15.3 Å². The zero-order valence-corrected chi connectivity index (χ0v) is 8.34. The maximum Gasteiger partial charge on any atom is 0.106 e. The molecule has 0 rings (SSSR count). The number of carbonyl (C=O) groups excluding carboxylic acids is 1. The number of hydrogen-bond donors (Lipinski definition) is 1. The van der Waals surface area contributed by atoms with E-state index in [0.29, 0.717) is 0 Å². The summed E-state index contributed by atoms with van der Waals surface area (Å²) in [6.07, 6.45) is 0. The van der Waals surface area contributed by atoms with Gasteiger partial charge in [-0.25, -0.2) is 0 Å². The molecule has 0 aliphatic heterocycles. The Morgan fingerprint density at radius 1 is 0.846 bits per heavy atom. The molecule has 0 aromatic carbocycles. The molecule has 0 amide bonds. The average Bonchev–Trinajstić information content (AvgIpc) is 1.94. The van der Waals surface area contributed by atoms with Crippen molar-refractivity contribution in [2.75, 3.05) is 0 Å². The molecule has 0 bridgehead atoms. The molecule has 0 radical (unpaired) electrons. The van der Waals surface area contributed by atoms with E-state index >= 15 is 0 Å². The van der Waals surface area contributed by atoms with Gasteiger partial charge in [-0.1, -0.05) is 7.43 Å². The first kappa shape index (κ1) is 45.5. The van der Waals surface area contributed by atoms with Crippen LogP contribution in [0.5, 0.6) is 0 Å². The van der Waals surface area contributed by atoms with E-state index in [-0.39, 0.29) is 121 Å². The summed E-state index contributed by atoms with van der Waals surface area (Å²) < 4.78 is 0. The quantitative estimate of drug-likeness (QED) is 0.421. The monoisotopic (exact) mass is 266 g/mol. The molecule has 8 heteroatoms. The van der Waals surface area contributed by atoms with Crippen molar-refractivity contribution < 1.29 is 118 Å². The van der Waals surface area contributed by atoms with Gasteiger partial charge in [-0.2, -0.15) is 15.3 Å². The maximum absolute atomic E-state index is 8.00. The van der Waals surface area contributed by atoms with Gasteiger partial charge in [0.2, 0.25) is 0 Å². The molecule has 0 saturated carbocycles. The standard InChI is InChI=1S/C2H4N2.CH4N2.CH2O.CH4.3Ar/c1-3-4-2;1-3-2;1-2;;;;/h1-2H2;1-2H2;1H2;1H4;;;. The van der Waals surface area contributed by atoms with Crippen molar-refractivity contribution in [1.82, 2.24) is 0 Å². The van der Waals surface area contributed by atoms with Crippen molar-refractivity contribution in [3.63, 3.8) is 0 Å². The van der Waals surface area contributed by atoms with Crippen molar-refractivity contribution in [2.24, 2.45) is 21.1 Å². The molecule has 2 N–H and O–H groups in total. The van der Waals surface area contributed by atoms with Crippen LogP contribution in [0.25, 0.3) is 0 Å².